The minimum absolute atomic E-state index is 0.0122. The molecule has 2 N–H and O–H groups in total. The maximum Gasteiger partial charge on any atom is 0.358 e. The molecule has 0 saturated carbocycles. The molecule has 0 atom stereocenters. The molecule has 0 unspecified atom stereocenters. The molecule has 0 amide bonds. The van der Waals surface area contributed by atoms with Crippen LogP contribution >= 0.6 is 0 Å². The van der Waals surface area contributed by atoms with Crippen LogP contribution in [0.25, 0.3) is 0 Å². The van der Waals surface area contributed by atoms with E-state index < -0.39 is 5.97 Å². The first-order valence-corrected chi connectivity index (χ1v) is 4.92. The predicted octanol–water partition coefficient (Wildman–Crippen LogP) is 2.25. The molecule has 1 rings (SSSR count). The van der Waals surface area contributed by atoms with E-state index in [4.69, 9.17) is 10.3 Å². The van der Waals surface area contributed by atoms with E-state index in [1.165, 1.54) is 0 Å². The van der Waals surface area contributed by atoms with E-state index in [9.17, 15) is 4.79 Å². The number of carboxylic acid groups (broad SMARTS) is 1. The summed E-state index contributed by atoms with van der Waals surface area (Å²) in [6, 6.07) is 6.96. The molecule has 0 aliphatic carbocycles. The third-order valence-electron chi connectivity index (χ3n) is 2.33. The van der Waals surface area contributed by atoms with Crippen molar-refractivity contribution in [3.8, 4) is 0 Å². The second-order valence-electron chi connectivity index (χ2n) is 4.58. The molecule has 0 radical (unpaired) electrons. The molecule has 4 heteroatoms. The average Bonchev–Trinajstić information content (AvgIpc) is 2.17. The maximum absolute atomic E-state index is 10.7. The number of hydrogen-bond acceptors (Lipinski definition) is 3. The Balaban J connectivity index is 3.09. The van der Waals surface area contributed by atoms with E-state index in [1.54, 1.807) is 12.1 Å². The van der Waals surface area contributed by atoms with Crippen LogP contribution < -0.4 is 0 Å². The number of hydrogen-bond donors (Lipinski definition) is 2. The van der Waals surface area contributed by atoms with Gasteiger partial charge in [-0.25, -0.2) is 4.79 Å². The Labute approximate surface area is 94.2 Å². The van der Waals surface area contributed by atoms with Gasteiger partial charge < -0.3 is 10.3 Å². The number of carboxylic acids is 1. The fraction of sp³-hybridized carbons (Fsp3) is 0.333. The van der Waals surface area contributed by atoms with Crippen molar-refractivity contribution in [1.29, 1.82) is 0 Å². The van der Waals surface area contributed by atoms with Gasteiger partial charge in [0.05, 0.1) is 0 Å². The van der Waals surface area contributed by atoms with Crippen molar-refractivity contribution in [2.75, 3.05) is 0 Å². The molecule has 16 heavy (non-hydrogen) atoms. The number of oxime groups is 1. The number of aliphatic carboxylic acids is 1. The molecular formula is C12H15NO3. The SMILES string of the molecule is CC(C)(C)c1ccc(/C(=N/O)C(=O)O)cc1. The molecule has 0 aliphatic heterocycles. The normalized spacial score (nSPS) is 12.6. The minimum Gasteiger partial charge on any atom is -0.476 e. The van der Waals surface area contributed by atoms with Crippen molar-refractivity contribution in [3.63, 3.8) is 0 Å². The Morgan fingerprint density at radius 3 is 2.00 bits per heavy atom. The third kappa shape index (κ3) is 2.59. The van der Waals surface area contributed by atoms with Gasteiger partial charge in [0, 0.05) is 5.56 Å². The topological polar surface area (TPSA) is 69.9 Å². The zero-order chi connectivity index (χ0) is 12.3. The first-order valence-electron chi connectivity index (χ1n) is 4.92. The molecule has 1 aromatic rings. The highest BCUT2D eigenvalue weighted by molar-refractivity contribution is 6.42. The Hall–Kier alpha value is -1.84. The molecular weight excluding hydrogens is 206 g/mol. The zero-order valence-electron chi connectivity index (χ0n) is 9.56. The summed E-state index contributed by atoms with van der Waals surface area (Å²) in [5.41, 5.74) is 1.15. The lowest BCUT2D eigenvalue weighted by Crippen LogP contribution is -2.15. The highest BCUT2D eigenvalue weighted by Crippen LogP contribution is 2.22. The summed E-state index contributed by atoms with van der Waals surface area (Å²) in [4.78, 5) is 10.7. The standard InChI is InChI=1S/C12H15NO3/c1-12(2,3)9-6-4-8(5-7-9)10(13-16)11(14)15/h4-7,16H,1-3H3,(H,14,15)/b13-10-. The summed E-state index contributed by atoms with van der Waals surface area (Å²) in [6.07, 6.45) is 0. The smallest absolute Gasteiger partial charge is 0.358 e. The second kappa shape index (κ2) is 4.35. The van der Waals surface area contributed by atoms with E-state index in [2.05, 4.69) is 25.9 Å². The van der Waals surface area contributed by atoms with Crippen LogP contribution in [0.15, 0.2) is 29.4 Å². The van der Waals surface area contributed by atoms with Gasteiger partial charge in [-0.3, -0.25) is 0 Å². The average molecular weight is 221 g/mol. The van der Waals surface area contributed by atoms with Crippen LogP contribution in [0, 0.1) is 0 Å². The van der Waals surface area contributed by atoms with Gasteiger partial charge in [-0.2, -0.15) is 0 Å². The quantitative estimate of drug-likeness (QED) is 0.457. The van der Waals surface area contributed by atoms with Crippen molar-refractivity contribution in [2.45, 2.75) is 26.2 Å². The summed E-state index contributed by atoms with van der Waals surface area (Å²) in [7, 11) is 0. The fourth-order valence-corrected chi connectivity index (χ4v) is 1.35. The van der Waals surface area contributed by atoms with Crippen molar-refractivity contribution >= 4 is 11.7 Å². The van der Waals surface area contributed by atoms with Crippen molar-refractivity contribution in [3.05, 3.63) is 35.4 Å². The summed E-state index contributed by atoms with van der Waals surface area (Å²) in [5.74, 6) is -1.24. The van der Waals surface area contributed by atoms with Crippen LogP contribution in [0.1, 0.15) is 31.9 Å². The fourth-order valence-electron chi connectivity index (χ4n) is 1.35. The van der Waals surface area contributed by atoms with Crippen LogP contribution in [0.4, 0.5) is 0 Å². The molecule has 0 saturated heterocycles. The molecule has 0 spiro atoms. The Morgan fingerprint density at radius 2 is 1.69 bits per heavy atom. The number of nitrogens with zero attached hydrogens (tertiary/aromatic N) is 1. The molecule has 0 aromatic heterocycles. The van der Waals surface area contributed by atoms with Gasteiger partial charge in [-0.1, -0.05) is 50.2 Å². The highest BCUT2D eigenvalue weighted by Gasteiger charge is 2.16. The Bertz CT molecular complexity index is 413. The van der Waals surface area contributed by atoms with Crippen LogP contribution in [-0.4, -0.2) is 22.0 Å². The van der Waals surface area contributed by atoms with Gasteiger partial charge in [0.15, 0.2) is 5.71 Å². The third-order valence-corrected chi connectivity index (χ3v) is 2.33. The van der Waals surface area contributed by atoms with E-state index >= 15 is 0 Å². The van der Waals surface area contributed by atoms with Gasteiger partial charge >= 0.3 is 5.97 Å². The molecule has 4 nitrogen and oxygen atoms in total. The van der Waals surface area contributed by atoms with Crippen LogP contribution in [0.5, 0.6) is 0 Å². The number of carbonyl (C=O) groups is 1. The van der Waals surface area contributed by atoms with Gasteiger partial charge in [0.1, 0.15) is 0 Å². The van der Waals surface area contributed by atoms with Crippen LogP contribution in [0.2, 0.25) is 0 Å². The van der Waals surface area contributed by atoms with Gasteiger partial charge in [0.25, 0.3) is 0 Å². The Morgan fingerprint density at radius 1 is 1.19 bits per heavy atom. The van der Waals surface area contributed by atoms with Crippen molar-refractivity contribution in [1.82, 2.24) is 0 Å². The summed E-state index contributed by atoms with van der Waals surface area (Å²) >= 11 is 0. The van der Waals surface area contributed by atoms with Gasteiger partial charge in [-0.15, -0.1) is 0 Å². The lowest BCUT2D eigenvalue weighted by atomic mass is 9.86. The number of benzene rings is 1. The largest absolute Gasteiger partial charge is 0.476 e. The van der Waals surface area contributed by atoms with Crippen molar-refractivity contribution < 1.29 is 15.1 Å². The highest BCUT2D eigenvalue weighted by atomic mass is 16.4. The summed E-state index contributed by atoms with van der Waals surface area (Å²) < 4.78 is 0. The van der Waals surface area contributed by atoms with E-state index in [-0.39, 0.29) is 11.1 Å². The molecule has 86 valence electrons. The maximum atomic E-state index is 10.7. The second-order valence-corrected chi connectivity index (χ2v) is 4.58. The van der Waals surface area contributed by atoms with Crippen molar-refractivity contribution in [2.24, 2.45) is 5.16 Å². The summed E-state index contributed by atoms with van der Waals surface area (Å²) in [5, 5.41) is 20.1. The Kier molecular flexibility index (Phi) is 3.32. The van der Waals surface area contributed by atoms with E-state index in [0.29, 0.717) is 5.56 Å². The molecule has 0 heterocycles. The van der Waals surface area contributed by atoms with Gasteiger partial charge in [0.2, 0.25) is 0 Å². The monoisotopic (exact) mass is 221 g/mol. The lowest BCUT2D eigenvalue weighted by molar-refractivity contribution is -0.129. The molecule has 0 bridgehead atoms. The molecule has 0 aliphatic rings. The summed E-state index contributed by atoms with van der Waals surface area (Å²) in [6.45, 7) is 6.21. The zero-order valence-corrected chi connectivity index (χ0v) is 9.56. The van der Waals surface area contributed by atoms with Crippen LogP contribution in [-0.2, 0) is 10.2 Å². The van der Waals surface area contributed by atoms with Gasteiger partial charge in [-0.05, 0) is 11.0 Å². The first kappa shape index (κ1) is 12.2. The lowest BCUT2D eigenvalue weighted by Gasteiger charge is -2.18. The van der Waals surface area contributed by atoms with E-state index in [0.717, 1.165) is 5.56 Å². The van der Waals surface area contributed by atoms with Crippen LogP contribution in [0.3, 0.4) is 0 Å². The van der Waals surface area contributed by atoms with E-state index in [1.807, 2.05) is 12.1 Å². The molecule has 0 fully saturated rings. The predicted molar refractivity (Wildman–Crippen MR) is 61.1 cm³/mol. The number of rotatable bonds is 2. The molecule has 1 aromatic carbocycles. The minimum atomic E-state index is -1.24. The first-order chi connectivity index (χ1) is 7.36.